The van der Waals surface area contributed by atoms with E-state index in [1.165, 1.54) is 30.3 Å². The van der Waals surface area contributed by atoms with Crippen LogP contribution in [0.1, 0.15) is 21.5 Å². The molecule has 0 aromatic heterocycles. The van der Waals surface area contributed by atoms with Gasteiger partial charge in [-0.1, -0.05) is 24.3 Å². The third-order valence-electron chi connectivity index (χ3n) is 3.12. The zero-order valence-corrected chi connectivity index (χ0v) is 11.9. The fourth-order valence-corrected chi connectivity index (χ4v) is 2.02. The molecule has 4 heteroatoms. The molecule has 0 spiro atoms. The van der Waals surface area contributed by atoms with Crippen LogP contribution in [0.3, 0.4) is 0 Å². The average molecular weight is 296 g/mol. The minimum atomic E-state index is -0.424. The Morgan fingerprint density at radius 1 is 1.05 bits per heavy atom. The van der Waals surface area contributed by atoms with Crippen molar-refractivity contribution in [3.05, 3.63) is 71.8 Å². The van der Waals surface area contributed by atoms with Crippen molar-refractivity contribution in [2.45, 2.75) is 6.42 Å². The second-order valence-corrected chi connectivity index (χ2v) is 4.78. The lowest BCUT2D eigenvalue weighted by Gasteiger charge is -2.07. The van der Waals surface area contributed by atoms with Gasteiger partial charge < -0.3 is 15.3 Å². The lowest BCUT2D eigenvalue weighted by Crippen LogP contribution is -1.97. The standard InChI is InChI=1S/C18H16O4/c1-2-3-13-10-15(20)11-16(18(13)22)17(21)9-6-12-4-7-14(19)8-5-12/h2,4-11,19-20,22H,1,3H2/b9-6+. The quantitative estimate of drug-likeness (QED) is 0.342. The molecule has 112 valence electrons. The van der Waals surface area contributed by atoms with E-state index in [2.05, 4.69) is 6.58 Å². The first-order valence-corrected chi connectivity index (χ1v) is 6.68. The van der Waals surface area contributed by atoms with Crippen molar-refractivity contribution in [3.63, 3.8) is 0 Å². The molecule has 0 heterocycles. The minimum absolute atomic E-state index is 0.0341. The van der Waals surface area contributed by atoms with Crippen LogP contribution in [0, 0.1) is 0 Å². The number of benzene rings is 2. The maximum atomic E-state index is 12.2. The third kappa shape index (κ3) is 3.55. The summed E-state index contributed by atoms with van der Waals surface area (Å²) in [7, 11) is 0. The minimum Gasteiger partial charge on any atom is -0.508 e. The normalized spacial score (nSPS) is 10.7. The van der Waals surface area contributed by atoms with E-state index in [0.717, 1.165) is 5.56 Å². The van der Waals surface area contributed by atoms with Crippen molar-refractivity contribution in [1.82, 2.24) is 0 Å². The first kappa shape index (κ1) is 15.4. The van der Waals surface area contributed by atoms with Gasteiger partial charge in [-0.25, -0.2) is 0 Å². The molecule has 0 unspecified atom stereocenters. The van der Waals surface area contributed by atoms with Crippen molar-refractivity contribution in [2.75, 3.05) is 0 Å². The molecule has 4 nitrogen and oxygen atoms in total. The van der Waals surface area contributed by atoms with Crippen LogP contribution in [0.5, 0.6) is 17.2 Å². The SMILES string of the molecule is C=CCc1cc(O)cc(C(=O)/C=C/c2ccc(O)cc2)c1O. The van der Waals surface area contributed by atoms with Crippen molar-refractivity contribution in [1.29, 1.82) is 0 Å². The molecule has 2 aromatic carbocycles. The molecular formula is C18H16O4. The van der Waals surface area contributed by atoms with Crippen LogP contribution in [0.2, 0.25) is 0 Å². The van der Waals surface area contributed by atoms with Crippen molar-refractivity contribution < 1.29 is 20.1 Å². The fourth-order valence-electron chi connectivity index (χ4n) is 2.02. The number of rotatable bonds is 5. The number of allylic oxidation sites excluding steroid dienone is 2. The van der Waals surface area contributed by atoms with E-state index in [-0.39, 0.29) is 22.8 Å². The summed E-state index contributed by atoms with van der Waals surface area (Å²) in [6.07, 6.45) is 4.80. The van der Waals surface area contributed by atoms with Crippen molar-refractivity contribution in [2.24, 2.45) is 0 Å². The Morgan fingerprint density at radius 3 is 2.36 bits per heavy atom. The maximum absolute atomic E-state index is 12.2. The van der Waals surface area contributed by atoms with Crippen LogP contribution in [0.4, 0.5) is 0 Å². The predicted octanol–water partition coefficient (Wildman–Crippen LogP) is 3.43. The van der Waals surface area contributed by atoms with E-state index in [1.807, 2.05) is 0 Å². The number of carbonyl (C=O) groups excluding carboxylic acids is 1. The summed E-state index contributed by atoms with van der Waals surface area (Å²) < 4.78 is 0. The highest BCUT2D eigenvalue weighted by Crippen LogP contribution is 2.29. The van der Waals surface area contributed by atoms with Crippen LogP contribution in [-0.2, 0) is 6.42 Å². The summed E-state index contributed by atoms with van der Waals surface area (Å²) in [5.74, 6) is -0.524. The summed E-state index contributed by atoms with van der Waals surface area (Å²) in [4.78, 5) is 12.2. The zero-order valence-electron chi connectivity index (χ0n) is 11.9. The van der Waals surface area contributed by atoms with Crippen molar-refractivity contribution >= 4 is 11.9 Å². The van der Waals surface area contributed by atoms with Gasteiger partial charge in [-0.3, -0.25) is 4.79 Å². The molecule has 2 rings (SSSR count). The Hall–Kier alpha value is -3.01. The van der Waals surface area contributed by atoms with Gasteiger partial charge in [0.15, 0.2) is 5.78 Å². The molecule has 22 heavy (non-hydrogen) atoms. The van der Waals surface area contributed by atoms with E-state index in [9.17, 15) is 20.1 Å². The van der Waals surface area contributed by atoms with Gasteiger partial charge in [-0.05, 0) is 42.3 Å². The van der Waals surface area contributed by atoms with E-state index in [4.69, 9.17) is 0 Å². The summed E-state index contributed by atoms with van der Waals surface area (Å²) in [6.45, 7) is 3.57. The third-order valence-corrected chi connectivity index (χ3v) is 3.12. The Kier molecular flexibility index (Phi) is 4.63. The molecule has 0 bridgehead atoms. The highest BCUT2D eigenvalue weighted by atomic mass is 16.3. The number of phenols is 3. The van der Waals surface area contributed by atoms with E-state index < -0.39 is 5.78 Å². The lowest BCUT2D eigenvalue weighted by atomic mass is 10.0. The highest BCUT2D eigenvalue weighted by molar-refractivity contribution is 6.09. The molecular weight excluding hydrogens is 280 g/mol. The maximum Gasteiger partial charge on any atom is 0.189 e. The molecule has 3 N–H and O–H groups in total. The molecule has 0 radical (unpaired) electrons. The predicted molar refractivity (Wildman–Crippen MR) is 85.1 cm³/mol. The van der Waals surface area contributed by atoms with Crippen LogP contribution >= 0.6 is 0 Å². The number of ketones is 1. The molecule has 0 saturated heterocycles. The number of phenolic OH excluding ortho intramolecular Hbond substituents is 3. The molecule has 2 aromatic rings. The Morgan fingerprint density at radius 2 is 1.73 bits per heavy atom. The Balaban J connectivity index is 2.29. The van der Waals surface area contributed by atoms with Gasteiger partial charge in [0.25, 0.3) is 0 Å². The second-order valence-electron chi connectivity index (χ2n) is 4.78. The number of hydrogen-bond donors (Lipinski definition) is 3. The molecule has 0 amide bonds. The first-order chi connectivity index (χ1) is 10.5. The van der Waals surface area contributed by atoms with E-state index in [1.54, 1.807) is 24.3 Å². The monoisotopic (exact) mass is 296 g/mol. The second kappa shape index (κ2) is 6.63. The van der Waals surface area contributed by atoms with Crippen LogP contribution in [0.15, 0.2) is 55.1 Å². The lowest BCUT2D eigenvalue weighted by molar-refractivity contribution is 0.104. The summed E-state index contributed by atoms with van der Waals surface area (Å²) in [6, 6.07) is 8.97. The number of aromatic hydroxyl groups is 3. The summed E-state index contributed by atoms with van der Waals surface area (Å²) >= 11 is 0. The van der Waals surface area contributed by atoms with Crippen molar-refractivity contribution in [3.8, 4) is 17.2 Å². The van der Waals surface area contributed by atoms with Crippen LogP contribution in [-0.4, -0.2) is 21.1 Å². The topological polar surface area (TPSA) is 77.8 Å². The molecule has 0 fully saturated rings. The molecule has 0 aliphatic carbocycles. The number of carbonyl (C=O) groups is 1. The fraction of sp³-hybridized carbons (Fsp3) is 0.0556. The van der Waals surface area contributed by atoms with E-state index >= 15 is 0 Å². The average Bonchev–Trinajstić information content (AvgIpc) is 2.50. The first-order valence-electron chi connectivity index (χ1n) is 6.68. The molecule has 0 saturated carbocycles. The highest BCUT2D eigenvalue weighted by Gasteiger charge is 2.13. The van der Waals surface area contributed by atoms with Gasteiger partial charge in [0, 0.05) is 5.56 Å². The Bertz CT molecular complexity index is 727. The van der Waals surface area contributed by atoms with Gasteiger partial charge in [0.1, 0.15) is 17.2 Å². The van der Waals surface area contributed by atoms with Crippen LogP contribution < -0.4 is 0 Å². The Labute approximate surface area is 128 Å². The van der Waals surface area contributed by atoms with Crippen LogP contribution in [0.25, 0.3) is 6.08 Å². The molecule has 0 aliphatic heterocycles. The van der Waals surface area contributed by atoms with Gasteiger partial charge in [-0.15, -0.1) is 6.58 Å². The van der Waals surface area contributed by atoms with Gasteiger partial charge in [0.05, 0.1) is 5.56 Å². The molecule has 0 atom stereocenters. The van der Waals surface area contributed by atoms with E-state index in [0.29, 0.717) is 12.0 Å². The van der Waals surface area contributed by atoms with Gasteiger partial charge in [0.2, 0.25) is 0 Å². The zero-order chi connectivity index (χ0) is 16.1. The summed E-state index contributed by atoms with van der Waals surface area (Å²) in [5.41, 5.74) is 1.21. The molecule has 0 aliphatic rings. The van der Waals surface area contributed by atoms with Gasteiger partial charge in [-0.2, -0.15) is 0 Å². The number of hydrogen-bond acceptors (Lipinski definition) is 4. The van der Waals surface area contributed by atoms with Gasteiger partial charge >= 0.3 is 0 Å². The largest absolute Gasteiger partial charge is 0.508 e. The summed E-state index contributed by atoms with van der Waals surface area (Å²) in [5, 5.41) is 29.0. The smallest absolute Gasteiger partial charge is 0.189 e.